The number of para-hydroxylation sites is 2. The molecule has 0 bridgehead atoms. The summed E-state index contributed by atoms with van der Waals surface area (Å²) in [5.41, 5.74) is -0.395. The highest BCUT2D eigenvalue weighted by molar-refractivity contribution is 5.91. The van der Waals surface area contributed by atoms with Gasteiger partial charge in [-0.2, -0.15) is 0 Å². The first kappa shape index (κ1) is 18.1. The van der Waals surface area contributed by atoms with E-state index in [1.165, 1.54) is 0 Å². The van der Waals surface area contributed by atoms with Crippen LogP contribution in [0.25, 0.3) is 0 Å². The third-order valence-electron chi connectivity index (χ3n) is 3.92. The van der Waals surface area contributed by atoms with Crippen molar-refractivity contribution in [3.05, 3.63) is 53.8 Å². The van der Waals surface area contributed by atoms with Gasteiger partial charge in [0, 0.05) is 0 Å². The molecule has 0 fully saturated rings. The van der Waals surface area contributed by atoms with Crippen molar-refractivity contribution in [2.45, 2.75) is 6.10 Å². The number of carbonyl (C=O) groups is 1. The largest absolute Gasteiger partial charge is 0.486 e. The highest BCUT2D eigenvalue weighted by Gasteiger charge is 2.25. The monoisotopic (exact) mass is 367 g/mol. The summed E-state index contributed by atoms with van der Waals surface area (Å²) in [6.07, 6.45) is -0.238. The Balaban J connectivity index is 1.53. The third kappa shape index (κ3) is 4.08. The molecule has 8 heteroatoms. The van der Waals surface area contributed by atoms with E-state index in [2.05, 4.69) is 5.32 Å². The first-order valence-corrected chi connectivity index (χ1v) is 8.07. The zero-order valence-electron chi connectivity index (χ0n) is 14.0. The molecule has 5 nitrogen and oxygen atoms in total. The van der Waals surface area contributed by atoms with Gasteiger partial charge in [0.2, 0.25) is 0 Å². The predicted molar refractivity (Wildman–Crippen MR) is 87.9 cm³/mol. The van der Waals surface area contributed by atoms with Gasteiger partial charge in [0.25, 0.3) is 5.91 Å². The maximum absolute atomic E-state index is 13.6. The van der Waals surface area contributed by atoms with Crippen LogP contribution >= 0.6 is 0 Å². The first-order chi connectivity index (χ1) is 12.4. The lowest BCUT2D eigenvalue weighted by Crippen LogP contribution is -3.11. The van der Waals surface area contributed by atoms with Crippen molar-refractivity contribution in [2.24, 2.45) is 0 Å². The Bertz CT molecular complexity index is 816. The van der Waals surface area contributed by atoms with E-state index in [1.807, 2.05) is 18.2 Å². The summed E-state index contributed by atoms with van der Waals surface area (Å²) in [6.45, 7) is 0.829. The molecular formula is C18H18F3N2O3+. The van der Waals surface area contributed by atoms with Crippen LogP contribution < -0.4 is 19.7 Å². The molecule has 0 radical (unpaired) electrons. The highest BCUT2D eigenvalue weighted by atomic mass is 19.2. The van der Waals surface area contributed by atoms with Gasteiger partial charge >= 0.3 is 0 Å². The Kier molecular flexibility index (Phi) is 5.32. The topological polar surface area (TPSA) is 52.0 Å². The third-order valence-corrected chi connectivity index (χ3v) is 3.92. The Morgan fingerprint density at radius 2 is 1.88 bits per heavy atom. The van der Waals surface area contributed by atoms with E-state index < -0.39 is 29.0 Å². The molecule has 1 heterocycles. The number of nitrogens with one attached hydrogen (secondary N) is 2. The summed E-state index contributed by atoms with van der Waals surface area (Å²) >= 11 is 0. The standard InChI is InChI=1S/C18H17F3N2O3/c1-23(8-11-10-25-14-4-2-3-5-15(14)26-11)9-16(24)22-13-7-6-12(19)17(20)18(13)21/h2-7,11H,8-10H2,1H3,(H,22,24)/p+1/t11-/m0/s1. The first-order valence-electron chi connectivity index (χ1n) is 8.07. The molecule has 3 rings (SSSR count). The molecule has 138 valence electrons. The minimum Gasteiger partial charge on any atom is -0.486 e. The van der Waals surface area contributed by atoms with E-state index >= 15 is 0 Å². The number of anilines is 1. The van der Waals surface area contributed by atoms with E-state index in [-0.39, 0.29) is 12.6 Å². The van der Waals surface area contributed by atoms with Crippen molar-refractivity contribution >= 4 is 11.6 Å². The van der Waals surface area contributed by atoms with Crippen molar-refractivity contribution in [1.29, 1.82) is 0 Å². The Morgan fingerprint density at radius 3 is 2.65 bits per heavy atom. The van der Waals surface area contributed by atoms with Crippen molar-refractivity contribution < 1.29 is 32.3 Å². The molecule has 0 saturated heterocycles. The summed E-state index contributed by atoms with van der Waals surface area (Å²) in [7, 11) is 1.77. The second-order valence-electron chi connectivity index (χ2n) is 6.11. The van der Waals surface area contributed by atoms with Crippen LogP contribution in [0.3, 0.4) is 0 Å². The van der Waals surface area contributed by atoms with E-state index in [0.717, 1.165) is 17.0 Å². The number of amides is 1. The number of halogens is 3. The smallest absolute Gasteiger partial charge is 0.279 e. The van der Waals surface area contributed by atoms with Crippen molar-refractivity contribution in [1.82, 2.24) is 0 Å². The number of quaternary nitrogens is 1. The predicted octanol–water partition coefficient (Wildman–Crippen LogP) is 1.40. The average Bonchev–Trinajstić information content (AvgIpc) is 2.62. The van der Waals surface area contributed by atoms with Gasteiger partial charge in [0.15, 0.2) is 41.6 Å². The normalized spacial score (nSPS) is 16.8. The fourth-order valence-corrected chi connectivity index (χ4v) is 2.72. The van der Waals surface area contributed by atoms with Crippen LogP contribution in [-0.2, 0) is 4.79 Å². The van der Waals surface area contributed by atoms with Crippen LogP contribution in [-0.4, -0.2) is 38.8 Å². The summed E-state index contributed by atoms with van der Waals surface area (Å²) < 4.78 is 51.1. The summed E-state index contributed by atoms with van der Waals surface area (Å²) in [4.78, 5) is 12.8. The molecule has 2 aromatic carbocycles. The number of hydrogen-bond donors (Lipinski definition) is 2. The maximum Gasteiger partial charge on any atom is 0.279 e. The van der Waals surface area contributed by atoms with Crippen LogP contribution in [0.2, 0.25) is 0 Å². The zero-order chi connectivity index (χ0) is 18.7. The molecule has 1 aliphatic rings. The molecule has 2 atom stereocenters. The Hall–Kier alpha value is -2.74. The lowest BCUT2D eigenvalue weighted by Gasteiger charge is -2.27. The van der Waals surface area contributed by atoms with Gasteiger partial charge in [-0.05, 0) is 24.3 Å². The number of ether oxygens (including phenoxy) is 2. The van der Waals surface area contributed by atoms with Crippen LogP contribution in [0.5, 0.6) is 11.5 Å². The fourth-order valence-electron chi connectivity index (χ4n) is 2.72. The molecule has 2 aromatic rings. The number of rotatable bonds is 5. The molecular weight excluding hydrogens is 349 g/mol. The molecule has 2 N–H and O–H groups in total. The summed E-state index contributed by atoms with van der Waals surface area (Å²) in [6, 6.07) is 9.04. The summed E-state index contributed by atoms with van der Waals surface area (Å²) in [5, 5.41) is 2.25. The van der Waals surface area contributed by atoms with Gasteiger partial charge < -0.3 is 19.7 Å². The Labute approximate surface area is 148 Å². The number of benzene rings is 2. The van der Waals surface area contributed by atoms with Gasteiger partial charge in [0.1, 0.15) is 13.2 Å². The average molecular weight is 367 g/mol. The SMILES string of the molecule is C[NH+](CC(=O)Nc1ccc(F)c(F)c1F)C[C@H]1COc2ccccc2O1. The molecule has 1 aliphatic heterocycles. The van der Waals surface area contributed by atoms with Crippen molar-refractivity contribution in [3.8, 4) is 11.5 Å². The molecule has 0 aliphatic carbocycles. The second kappa shape index (κ2) is 7.65. The molecule has 0 spiro atoms. The summed E-state index contributed by atoms with van der Waals surface area (Å²) in [5.74, 6) is -3.55. The van der Waals surface area contributed by atoms with Crippen LogP contribution in [0, 0.1) is 17.5 Å². The molecule has 1 unspecified atom stereocenters. The molecule has 0 saturated carbocycles. The van der Waals surface area contributed by atoms with Crippen LogP contribution in [0.15, 0.2) is 36.4 Å². The van der Waals surface area contributed by atoms with E-state index in [1.54, 1.807) is 13.1 Å². The van der Waals surface area contributed by atoms with Gasteiger partial charge in [-0.3, -0.25) is 4.79 Å². The number of fused-ring (bicyclic) bond motifs is 1. The van der Waals surface area contributed by atoms with Crippen molar-refractivity contribution in [3.63, 3.8) is 0 Å². The van der Waals surface area contributed by atoms with E-state index in [4.69, 9.17) is 9.47 Å². The second-order valence-corrected chi connectivity index (χ2v) is 6.11. The van der Waals surface area contributed by atoms with Crippen LogP contribution in [0.4, 0.5) is 18.9 Å². The quantitative estimate of drug-likeness (QED) is 0.786. The molecule has 0 aromatic heterocycles. The minimum absolute atomic E-state index is 0.0000572. The maximum atomic E-state index is 13.6. The number of hydrogen-bond acceptors (Lipinski definition) is 3. The Morgan fingerprint density at radius 1 is 1.15 bits per heavy atom. The number of likely N-dealkylation sites (N-methyl/N-ethyl adjacent to an activating group) is 1. The fraction of sp³-hybridized carbons (Fsp3) is 0.278. The lowest BCUT2D eigenvalue weighted by atomic mass is 10.2. The van der Waals surface area contributed by atoms with E-state index in [9.17, 15) is 18.0 Å². The highest BCUT2D eigenvalue weighted by Crippen LogP contribution is 2.30. The lowest BCUT2D eigenvalue weighted by molar-refractivity contribution is -0.874. The molecule has 26 heavy (non-hydrogen) atoms. The minimum atomic E-state index is -1.62. The van der Waals surface area contributed by atoms with Gasteiger partial charge in [-0.25, -0.2) is 13.2 Å². The van der Waals surface area contributed by atoms with Gasteiger partial charge in [-0.1, -0.05) is 12.1 Å². The number of carbonyl (C=O) groups excluding carboxylic acids is 1. The van der Waals surface area contributed by atoms with Gasteiger partial charge in [0.05, 0.1) is 12.7 Å². The van der Waals surface area contributed by atoms with Gasteiger partial charge in [-0.15, -0.1) is 0 Å². The van der Waals surface area contributed by atoms with E-state index in [0.29, 0.717) is 24.7 Å². The van der Waals surface area contributed by atoms with Crippen molar-refractivity contribution in [2.75, 3.05) is 32.1 Å². The zero-order valence-corrected chi connectivity index (χ0v) is 14.0. The molecule has 1 amide bonds. The van der Waals surface area contributed by atoms with Crippen LogP contribution in [0.1, 0.15) is 0 Å².